The summed E-state index contributed by atoms with van der Waals surface area (Å²) in [6.07, 6.45) is 0.341. The highest BCUT2D eigenvalue weighted by atomic mass is 32.1. The predicted octanol–water partition coefficient (Wildman–Crippen LogP) is 0.355. The molecule has 5 heteroatoms. The molecule has 0 aromatic carbocycles. The number of thiocarbonyl (C=S) groups is 1. The van der Waals surface area contributed by atoms with Gasteiger partial charge in [0.1, 0.15) is 12.7 Å². The summed E-state index contributed by atoms with van der Waals surface area (Å²) in [5.41, 5.74) is 0. The van der Waals surface area contributed by atoms with Crippen molar-refractivity contribution in [1.82, 2.24) is 4.90 Å². The van der Waals surface area contributed by atoms with Crippen LogP contribution in [-0.2, 0) is 4.74 Å². The van der Waals surface area contributed by atoms with Crippen LogP contribution in [0.2, 0.25) is 0 Å². The number of ether oxygens (including phenoxy) is 1. The van der Waals surface area contributed by atoms with Crippen molar-refractivity contribution in [3.8, 4) is 0 Å². The molecule has 1 saturated heterocycles. The molecule has 72 valence electrons. The van der Waals surface area contributed by atoms with Crippen LogP contribution in [0.15, 0.2) is 12.7 Å². The van der Waals surface area contributed by atoms with Gasteiger partial charge in [-0.25, -0.2) is 4.79 Å². The predicted molar refractivity (Wildman–Crippen MR) is 51.7 cm³/mol. The Hall–Kier alpha value is -0.940. The van der Waals surface area contributed by atoms with E-state index in [1.807, 2.05) is 0 Å². The lowest BCUT2D eigenvalue weighted by atomic mass is 10.3. The van der Waals surface area contributed by atoms with Crippen molar-refractivity contribution in [1.29, 1.82) is 0 Å². The van der Waals surface area contributed by atoms with Crippen LogP contribution in [0.4, 0.5) is 4.79 Å². The average molecular weight is 201 g/mol. The van der Waals surface area contributed by atoms with Gasteiger partial charge in [-0.1, -0.05) is 24.9 Å². The van der Waals surface area contributed by atoms with E-state index in [-0.39, 0.29) is 13.2 Å². The summed E-state index contributed by atoms with van der Waals surface area (Å²) in [6, 6.07) is 0. The van der Waals surface area contributed by atoms with Gasteiger partial charge in [-0.05, 0) is 0 Å². The zero-order valence-electron chi connectivity index (χ0n) is 7.10. The average Bonchev–Trinajstić information content (AvgIpc) is 2.43. The summed E-state index contributed by atoms with van der Waals surface area (Å²) in [4.78, 5) is 13.0. The Bertz CT molecular complexity index is 242. The van der Waals surface area contributed by atoms with E-state index in [0.29, 0.717) is 11.4 Å². The number of aliphatic hydroxyl groups is 1. The molecule has 4 nitrogen and oxygen atoms in total. The Morgan fingerprint density at radius 1 is 1.92 bits per heavy atom. The Balaban J connectivity index is 2.41. The van der Waals surface area contributed by atoms with Crippen molar-refractivity contribution in [2.45, 2.75) is 6.10 Å². The molecular formula is C8H11NO3S. The third-order valence-electron chi connectivity index (χ3n) is 1.69. The maximum Gasteiger partial charge on any atom is 0.410 e. The lowest BCUT2D eigenvalue weighted by Gasteiger charge is -2.13. The number of aliphatic hydroxyl groups excluding tert-OH is 1. The summed E-state index contributed by atoms with van der Waals surface area (Å²) in [7, 11) is 0. The third kappa shape index (κ3) is 2.50. The summed E-state index contributed by atoms with van der Waals surface area (Å²) < 4.78 is 4.77. The van der Waals surface area contributed by atoms with Crippen molar-refractivity contribution in [2.24, 2.45) is 0 Å². The fourth-order valence-corrected chi connectivity index (χ4v) is 1.26. The van der Waals surface area contributed by atoms with E-state index >= 15 is 0 Å². The van der Waals surface area contributed by atoms with Gasteiger partial charge in [0, 0.05) is 4.86 Å². The second-order valence-electron chi connectivity index (χ2n) is 2.73. The van der Waals surface area contributed by atoms with E-state index in [4.69, 9.17) is 17.0 Å². The molecule has 0 aromatic heterocycles. The minimum absolute atomic E-state index is 0.179. The van der Waals surface area contributed by atoms with Crippen LogP contribution in [0, 0.1) is 0 Å². The standard InChI is InChI=1S/C8H11NO3S/c1-2-3-12-8(11)9-4-6(10)7(13)5-9/h2,6,10H,1,3-5H2. The molecular weight excluding hydrogens is 190 g/mol. The first-order valence-corrected chi connectivity index (χ1v) is 4.29. The lowest BCUT2D eigenvalue weighted by molar-refractivity contribution is 0.113. The van der Waals surface area contributed by atoms with Gasteiger partial charge in [0.25, 0.3) is 0 Å². The first-order chi connectivity index (χ1) is 6.15. The molecule has 1 amide bonds. The van der Waals surface area contributed by atoms with Gasteiger partial charge in [0.05, 0.1) is 13.1 Å². The van der Waals surface area contributed by atoms with Crippen molar-refractivity contribution in [3.05, 3.63) is 12.7 Å². The highest BCUT2D eigenvalue weighted by Crippen LogP contribution is 2.08. The lowest BCUT2D eigenvalue weighted by Crippen LogP contribution is -2.30. The van der Waals surface area contributed by atoms with E-state index in [2.05, 4.69) is 6.58 Å². The zero-order valence-corrected chi connectivity index (χ0v) is 7.92. The SMILES string of the molecule is C=CCOC(=O)N1CC(=S)C(O)C1. The van der Waals surface area contributed by atoms with E-state index in [0.717, 1.165) is 0 Å². The molecule has 1 N–H and O–H groups in total. The van der Waals surface area contributed by atoms with Crippen LogP contribution < -0.4 is 0 Å². The molecule has 13 heavy (non-hydrogen) atoms. The van der Waals surface area contributed by atoms with Crippen LogP contribution >= 0.6 is 12.2 Å². The first kappa shape index (κ1) is 10.1. The van der Waals surface area contributed by atoms with Gasteiger partial charge < -0.3 is 14.7 Å². The van der Waals surface area contributed by atoms with Crippen LogP contribution in [-0.4, -0.2) is 46.8 Å². The highest BCUT2D eigenvalue weighted by Gasteiger charge is 2.29. The Labute approximate surface area is 81.8 Å². The molecule has 0 aromatic rings. The number of nitrogens with zero attached hydrogens (tertiary/aromatic N) is 1. The van der Waals surface area contributed by atoms with Crippen molar-refractivity contribution >= 4 is 23.2 Å². The Kier molecular flexibility index (Phi) is 3.39. The number of hydrogen-bond donors (Lipinski definition) is 1. The third-order valence-corrected chi connectivity index (χ3v) is 2.10. The largest absolute Gasteiger partial charge is 0.445 e. The van der Waals surface area contributed by atoms with E-state index < -0.39 is 12.2 Å². The smallest absolute Gasteiger partial charge is 0.410 e. The second kappa shape index (κ2) is 4.34. The normalized spacial score (nSPS) is 21.8. The maximum absolute atomic E-state index is 11.2. The Morgan fingerprint density at radius 3 is 3.08 bits per heavy atom. The number of carbonyl (C=O) groups excluding carboxylic acids is 1. The van der Waals surface area contributed by atoms with Crippen molar-refractivity contribution in [3.63, 3.8) is 0 Å². The molecule has 1 fully saturated rings. The molecule has 0 bridgehead atoms. The van der Waals surface area contributed by atoms with E-state index in [1.165, 1.54) is 11.0 Å². The zero-order chi connectivity index (χ0) is 9.84. The Morgan fingerprint density at radius 2 is 2.62 bits per heavy atom. The van der Waals surface area contributed by atoms with Crippen molar-refractivity contribution in [2.75, 3.05) is 19.7 Å². The van der Waals surface area contributed by atoms with Gasteiger partial charge >= 0.3 is 6.09 Å². The fraction of sp³-hybridized carbons (Fsp3) is 0.500. The second-order valence-corrected chi connectivity index (χ2v) is 3.25. The fourth-order valence-electron chi connectivity index (χ4n) is 1.03. The number of β-amino-alcohol motifs (C(OH)–C–C–N with tert-alkyl or cyclic N) is 1. The van der Waals surface area contributed by atoms with Gasteiger partial charge in [-0.2, -0.15) is 0 Å². The molecule has 1 rings (SSSR count). The van der Waals surface area contributed by atoms with Crippen LogP contribution in [0.5, 0.6) is 0 Å². The number of hydrogen-bond acceptors (Lipinski definition) is 4. The number of likely N-dealkylation sites (tertiary alicyclic amines) is 1. The van der Waals surface area contributed by atoms with Crippen LogP contribution in [0.1, 0.15) is 0 Å². The monoisotopic (exact) mass is 201 g/mol. The first-order valence-electron chi connectivity index (χ1n) is 3.88. The van der Waals surface area contributed by atoms with E-state index in [9.17, 15) is 9.90 Å². The van der Waals surface area contributed by atoms with Gasteiger partial charge in [-0.15, -0.1) is 0 Å². The highest BCUT2D eigenvalue weighted by molar-refractivity contribution is 7.80. The quantitative estimate of drug-likeness (QED) is 0.517. The van der Waals surface area contributed by atoms with Gasteiger partial charge in [0.2, 0.25) is 0 Å². The summed E-state index contributed by atoms with van der Waals surface area (Å²) in [5.74, 6) is 0. The molecule has 0 aliphatic carbocycles. The molecule has 1 heterocycles. The van der Waals surface area contributed by atoms with Gasteiger partial charge in [-0.3, -0.25) is 0 Å². The molecule has 0 spiro atoms. The molecule has 1 aliphatic heterocycles. The molecule has 1 unspecified atom stereocenters. The topological polar surface area (TPSA) is 49.8 Å². The number of rotatable bonds is 2. The van der Waals surface area contributed by atoms with Crippen LogP contribution in [0.25, 0.3) is 0 Å². The van der Waals surface area contributed by atoms with E-state index in [1.54, 1.807) is 0 Å². The molecule has 1 atom stereocenters. The summed E-state index contributed by atoms with van der Waals surface area (Å²) >= 11 is 4.83. The number of amides is 1. The maximum atomic E-state index is 11.2. The van der Waals surface area contributed by atoms with Crippen molar-refractivity contribution < 1.29 is 14.6 Å². The summed E-state index contributed by atoms with van der Waals surface area (Å²) in [5, 5.41) is 9.23. The number of carbonyl (C=O) groups is 1. The minimum atomic E-state index is -0.689. The molecule has 0 saturated carbocycles. The minimum Gasteiger partial charge on any atom is -0.445 e. The van der Waals surface area contributed by atoms with Gasteiger partial charge in [0.15, 0.2) is 0 Å². The van der Waals surface area contributed by atoms with Crippen LogP contribution in [0.3, 0.4) is 0 Å². The molecule has 1 aliphatic rings. The summed E-state index contributed by atoms with van der Waals surface area (Å²) in [6.45, 7) is 4.13. The molecule has 0 radical (unpaired) electrons.